The maximum atomic E-state index is 12.0. The van der Waals surface area contributed by atoms with Crippen molar-refractivity contribution in [3.8, 4) is 0 Å². The first-order chi connectivity index (χ1) is 10.8. The third-order valence-electron chi connectivity index (χ3n) is 3.63. The van der Waals surface area contributed by atoms with Gasteiger partial charge >= 0.3 is 6.03 Å². The van der Waals surface area contributed by atoms with Gasteiger partial charge in [0.2, 0.25) is 0 Å². The minimum Gasteiger partial charge on any atom is -0.371 e. The van der Waals surface area contributed by atoms with Crippen LogP contribution < -0.4 is 10.6 Å². The highest BCUT2D eigenvalue weighted by Gasteiger charge is 2.31. The number of hydrogen-bond donors (Lipinski definition) is 2. The van der Waals surface area contributed by atoms with Crippen LogP contribution in [0.3, 0.4) is 0 Å². The fourth-order valence-corrected chi connectivity index (χ4v) is 3.04. The minimum absolute atomic E-state index is 0.0371. The fourth-order valence-electron chi connectivity index (χ4n) is 2.48. The molecule has 0 bridgehead atoms. The smallest absolute Gasteiger partial charge is 0.315 e. The molecule has 3 rings (SSSR count). The third-order valence-corrected chi connectivity index (χ3v) is 4.26. The number of nitrogens with one attached hydrogen (secondary N) is 2. The van der Waals surface area contributed by atoms with Gasteiger partial charge in [-0.2, -0.15) is 5.10 Å². The maximum absolute atomic E-state index is 12.0. The monoisotopic (exact) mass is 321 g/mol. The second kappa shape index (κ2) is 6.89. The zero-order chi connectivity index (χ0) is 15.4. The molecule has 1 aliphatic heterocycles. The van der Waals surface area contributed by atoms with Gasteiger partial charge in [-0.15, -0.1) is 11.3 Å². The highest BCUT2D eigenvalue weighted by molar-refractivity contribution is 7.07. The number of aryl methyl sites for hydroxylation is 1. The van der Waals surface area contributed by atoms with E-state index >= 15 is 0 Å². The number of carbonyl (C=O) groups is 1. The van der Waals surface area contributed by atoms with Crippen LogP contribution in [0.15, 0.2) is 23.3 Å². The number of aromatic nitrogens is 3. The van der Waals surface area contributed by atoms with Gasteiger partial charge in [0.05, 0.1) is 30.0 Å². The van der Waals surface area contributed by atoms with Gasteiger partial charge in [0, 0.05) is 30.3 Å². The first kappa shape index (κ1) is 15.0. The lowest BCUT2D eigenvalue weighted by Gasteiger charge is -2.19. The first-order valence-electron chi connectivity index (χ1n) is 7.31. The fraction of sp³-hybridized carbons (Fsp3) is 0.500. The van der Waals surface area contributed by atoms with Crippen LogP contribution in [0.4, 0.5) is 4.79 Å². The Morgan fingerprint density at radius 3 is 3.23 bits per heavy atom. The van der Waals surface area contributed by atoms with E-state index in [1.807, 2.05) is 23.2 Å². The number of nitrogens with zero attached hydrogens (tertiary/aromatic N) is 3. The van der Waals surface area contributed by atoms with Crippen molar-refractivity contribution in [1.29, 1.82) is 0 Å². The zero-order valence-electron chi connectivity index (χ0n) is 12.4. The second-order valence-electron chi connectivity index (χ2n) is 5.12. The van der Waals surface area contributed by atoms with E-state index in [2.05, 4.69) is 20.7 Å². The molecule has 1 fully saturated rings. The summed E-state index contributed by atoms with van der Waals surface area (Å²) >= 11 is 1.51. The third kappa shape index (κ3) is 3.45. The Hall–Kier alpha value is -1.93. The van der Waals surface area contributed by atoms with Crippen molar-refractivity contribution < 1.29 is 9.53 Å². The van der Waals surface area contributed by atoms with Crippen molar-refractivity contribution in [2.45, 2.75) is 38.6 Å². The van der Waals surface area contributed by atoms with Gasteiger partial charge < -0.3 is 15.4 Å². The maximum Gasteiger partial charge on any atom is 0.315 e. The number of carbonyl (C=O) groups excluding carboxylic acids is 1. The average molecular weight is 321 g/mol. The first-order valence-corrected chi connectivity index (χ1v) is 8.26. The van der Waals surface area contributed by atoms with E-state index in [0.717, 1.165) is 24.2 Å². The molecule has 3 heterocycles. The Morgan fingerprint density at radius 1 is 1.59 bits per heavy atom. The van der Waals surface area contributed by atoms with Crippen molar-refractivity contribution in [2.75, 3.05) is 6.61 Å². The molecule has 0 aliphatic carbocycles. The molecule has 7 nitrogen and oxygen atoms in total. The number of thiazole rings is 1. The molecular weight excluding hydrogens is 302 g/mol. The number of urea groups is 1. The molecule has 2 amide bonds. The number of amides is 2. The zero-order valence-corrected chi connectivity index (χ0v) is 13.2. The summed E-state index contributed by atoms with van der Waals surface area (Å²) in [5, 5.41) is 12.0. The lowest BCUT2D eigenvalue weighted by molar-refractivity contribution is 0.0998. The van der Waals surface area contributed by atoms with Gasteiger partial charge in [-0.1, -0.05) is 0 Å². The van der Waals surface area contributed by atoms with Gasteiger partial charge in [-0.05, 0) is 13.3 Å². The second-order valence-corrected chi connectivity index (χ2v) is 5.84. The van der Waals surface area contributed by atoms with Gasteiger partial charge in [-0.25, -0.2) is 9.78 Å². The van der Waals surface area contributed by atoms with E-state index in [1.54, 1.807) is 11.7 Å². The number of rotatable bonds is 5. The average Bonchev–Trinajstić information content (AvgIpc) is 3.26. The van der Waals surface area contributed by atoms with Crippen molar-refractivity contribution in [3.05, 3.63) is 34.5 Å². The summed E-state index contributed by atoms with van der Waals surface area (Å²) < 4.78 is 7.61. The molecule has 0 aromatic carbocycles. The molecule has 0 spiro atoms. The van der Waals surface area contributed by atoms with Crippen LogP contribution in [0.25, 0.3) is 0 Å². The molecule has 2 aromatic heterocycles. The molecule has 1 aliphatic rings. The quantitative estimate of drug-likeness (QED) is 0.878. The normalized spacial score (nSPS) is 21.0. The Bertz CT molecular complexity index is 613. The summed E-state index contributed by atoms with van der Waals surface area (Å²) in [5.41, 5.74) is 3.62. The molecule has 22 heavy (non-hydrogen) atoms. The minimum atomic E-state index is -0.198. The molecule has 2 N–H and O–H groups in total. The molecule has 0 saturated carbocycles. The largest absolute Gasteiger partial charge is 0.371 e. The summed E-state index contributed by atoms with van der Waals surface area (Å²) in [5.74, 6) is 0. The van der Waals surface area contributed by atoms with Crippen molar-refractivity contribution in [2.24, 2.45) is 0 Å². The molecular formula is C14H19N5O2S. The van der Waals surface area contributed by atoms with Crippen LogP contribution in [0.5, 0.6) is 0 Å². The molecule has 0 radical (unpaired) electrons. The predicted octanol–water partition coefficient (Wildman–Crippen LogP) is 1.69. The van der Waals surface area contributed by atoms with E-state index < -0.39 is 0 Å². The molecule has 0 unspecified atom stereocenters. The topological polar surface area (TPSA) is 81.1 Å². The molecule has 1 saturated heterocycles. The highest BCUT2D eigenvalue weighted by atomic mass is 32.1. The summed E-state index contributed by atoms with van der Waals surface area (Å²) in [4.78, 5) is 16.1. The molecule has 8 heteroatoms. The van der Waals surface area contributed by atoms with Crippen molar-refractivity contribution in [3.63, 3.8) is 0 Å². The van der Waals surface area contributed by atoms with Gasteiger partial charge in [0.1, 0.15) is 6.10 Å². The lowest BCUT2D eigenvalue weighted by atomic mass is 10.1. The summed E-state index contributed by atoms with van der Waals surface area (Å²) in [7, 11) is 0. The van der Waals surface area contributed by atoms with E-state index in [0.29, 0.717) is 13.2 Å². The highest BCUT2D eigenvalue weighted by Crippen LogP contribution is 2.28. The SMILES string of the molecule is CCn1cc([C@H]2OCC[C@@H]2NC(=O)NCc2cscn2)cn1. The summed E-state index contributed by atoms with van der Waals surface area (Å²) in [6.45, 7) is 3.92. The van der Waals surface area contributed by atoms with Crippen LogP contribution in [0, 0.1) is 0 Å². The van der Waals surface area contributed by atoms with Gasteiger partial charge in [0.25, 0.3) is 0 Å². The Balaban J connectivity index is 1.55. The van der Waals surface area contributed by atoms with Crippen LogP contribution in [-0.2, 0) is 17.8 Å². The van der Waals surface area contributed by atoms with E-state index in [9.17, 15) is 4.79 Å². The molecule has 2 atom stereocenters. The predicted molar refractivity (Wildman–Crippen MR) is 82.5 cm³/mol. The van der Waals surface area contributed by atoms with Crippen LogP contribution in [0.1, 0.15) is 30.7 Å². The molecule has 118 valence electrons. The van der Waals surface area contributed by atoms with E-state index in [4.69, 9.17) is 4.74 Å². The molecule has 2 aromatic rings. The summed E-state index contributed by atoms with van der Waals surface area (Å²) in [6, 6.07) is -0.235. The van der Waals surface area contributed by atoms with Gasteiger partial charge in [0.15, 0.2) is 0 Å². The Kier molecular flexibility index (Phi) is 4.69. The van der Waals surface area contributed by atoms with Crippen LogP contribution in [0.2, 0.25) is 0 Å². The van der Waals surface area contributed by atoms with Crippen LogP contribution in [-0.4, -0.2) is 33.4 Å². The van der Waals surface area contributed by atoms with Crippen molar-refractivity contribution >= 4 is 17.4 Å². The Morgan fingerprint density at radius 2 is 2.50 bits per heavy atom. The van der Waals surface area contributed by atoms with Crippen molar-refractivity contribution in [1.82, 2.24) is 25.4 Å². The summed E-state index contributed by atoms with van der Waals surface area (Å²) in [6.07, 6.45) is 4.44. The standard InChI is InChI=1S/C14H19N5O2S/c1-2-19-7-10(5-17-19)13-12(3-4-21-13)18-14(20)15-6-11-8-22-9-16-11/h5,7-9,12-13H,2-4,6H2,1H3,(H2,15,18,20)/t12-,13+/m0/s1. The number of hydrogen-bond acceptors (Lipinski definition) is 5. The van der Waals surface area contributed by atoms with E-state index in [-0.39, 0.29) is 18.2 Å². The lowest BCUT2D eigenvalue weighted by Crippen LogP contribution is -2.43. The van der Waals surface area contributed by atoms with Gasteiger partial charge in [-0.3, -0.25) is 4.68 Å². The van der Waals surface area contributed by atoms with Crippen LogP contribution >= 0.6 is 11.3 Å². The van der Waals surface area contributed by atoms with E-state index in [1.165, 1.54) is 11.3 Å². The Labute approximate surface area is 132 Å². The number of ether oxygens (including phenoxy) is 1.